The summed E-state index contributed by atoms with van der Waals surface area (Å²) in [5.74, 6) is -0.0176. The van der Waals surface area contributed by atoms with Crippen LogP contribution >= 0.6 is 0 Å². The van der Waals surface area contributed by atoms with E-state index >= 15 is 0 Å². The molecular weight excluding hydrogens is 461 g/mol. The van der Waals surface area contributed by atoms with Gasteiger partial charge >= 0.3 is 5.97 Å². The summed E-state index contributed by atoms with van der Waals surface area (Å²) in [6, 6.07) is 0. The van der Waals surface area contributed by atoms with Gasteiger partial charge in [-0.05, 0) is 20.3 Å². The molecule has 3 nitrogen and oxygen atoms in total. The summed E-state index contributed by atoms with van der Waals surface area (Å²) in [5, 5.41) is 0. The van der Waals surface area contributed by atoms with Gasteiger partial charge in [0.1, 0.15) is 0 Å². The molecule has 0 heterocycles. The van der Waals surface area contributed by atoms with Crippen molar-refractivity contribution in [3.8, 4) is 0 Å². The zero-order chi connectivity index (χ0) is 20.2. The normalized spacial score (nSPS) is 11.3. The second-order valence-corrected chi connectivity index (χ2v) is 8.60. The minimum Gasteiger partial charge on any atom is -1.00 e. The Morgan fingerprint density at radius 1 is 0.643 bits per heavy atom. The molecule has 0 bridgehead atoms. The van der Waals surface area contributed by atoms with E-state index in [0.29, 0.717) is 13.2 Å². The van der Waals surface area contributed by atoms with Crippen LogP contribution in [0, 0.1) is 0 Å². The van der Waals surface area contributed by atoms with Crippen LogP contribution in [0.15, 0.2) is 0 Å². The highest BCUT2D eigenvalue weighted by molar-refractivity contribution is 5.69. The Labute approximate surface area is 194 Å². The van der Waals surface area contributed by atoms with Gasteiger partial charge in [-0.25, -0.2) is 0 Å². The van der Waals surface area contributed by atoms with Gasteiger partial charge in [-0.3, -0.25) is 9.28 Å². The Bertz CT molecular complexity index is 333. The topological polar surface area (TPSA) is 26.3 Å². The third-order valence-electron chi connectivity index (χ3n) is 6.05. The molecular formula is C24H50INO2. The van der Waals surface area contributed by atoms with Gasteiger partial charge in [0.05, 0.1) is 20.1 Å². The lowest BCUT2D eigenvalue weighted by Crippen LogP contribution is -3.00. The number of hydrogen-bond donors (Lipinski definition) is 0. The first-order valence-electron chi connectivity index (χ1n) is 12.1. The minimum atomic E-state index is -0.0176. The first kappa shape index (κ1) is 30.4. The predicted molar refractivity (Wildman–Crippen MR) is 118 cm³/mol. The molecule has 0 amide bonds. The Hall–Kier alpha value is 0.160. The molecule has 0 aliphatic rings. The number of halogens is 1. The highest BCUT2D eigenvalue weighted by Gasteiger charge is 2.18. The van der Waals surface area contributed by atoms with Crippen molar-refractivity contribution in [2.45, 2.75) is 124 Å². The SMILES string of the molecule is CCCCCCCCCCCCCCCCCC(=O)OC[N+](C)(CC)CC.[I-]. The van der Waals surface area contributed by atoms with Crippen LogP contribution in [0.5, 0.6) is 0 Å². The fraction of sp³-hybridized carbons (Fsp3) is 0.958. The minimum absolute atomic E-state index is 0. The van der Waals surface area contributed by atoms with Crippen molar-refractivity contribution >= 4 is 5.97 Å². The van der Waals surface area contributed by atoms with E-state index in [-0.39, 0.29) is 29.9 Å². The molecule has 0 atom stereocenters. The van der Waals surface area contributed by atoms with Crippen LogP contribution in [0.4, 0.5) is 0 Å². The van der Waals surface area contributed by atoms with E-state index in [4.69, 9.17) is 4.74 Å². The summed E-state index contributed by atoms with van der Waals surface area (Å²) in [7, 11) is 2.14. The van der Waals surface area contributed by atoms with Gasteiger partial charge in [0.2, 0.25) is 6.73 Å². The lowest BCUT2D eigenvalue weighted by Gasteiger charge is -2.30. The molecule has 0 spiro atoms. The van der Waals surface area contributed by atoms with Crippen molar-refractivity contribution in [1.82, 2.24) is 0 Å². The van der Waals surface area contributed by atoms with Crippen molar-refractivity contribution in [2.75, 3.05) is 26.9 Å². The Morgan fingerprint density at radius 3 is 1.36 bits per heavy atom. The molecule has 4 heteroatoms. The zero-order valence-corrected chi connectivity index (χ0v) is 21.7. The van der Waals surface area contributed by atoms with E-state index in [1.807, 2.05) is 0 Å². The molecule has 0 saturated heterocycles. The quantitative estimate of drug-likeness (QED) is 0.0804. The van der Waals surface area contributed by atoms with Crippen LogP contribution in [0.2, 0.25) is 0 Å². The van der Waals surface area contributed by atoms with Crippen LogP contribution in [0.3, 0.4) is 0 Å². The van der Waals surface area contributed by atoms with Crippen LogP contribution < -0.4 is 24.0 Å². The molecule has 0 aromatic carbocycles. The molecule has 0 aliphatic carbocycles. The maximum Gasteiger partial charge on any atom is 0.310 e. The number of hydrogen-bond acceptors (Lipinski definition) is 2. The van der Waals surface area contributed by atoms with Crippen LogP contribution in [-0.2, 0) is 9.53 Å². The van der Waals surface area contributed by atoms with Crippen molar-refractivity contribution in [3.63, 3.8) is 0 Å². The van der Waals surface area contributed by atoms with Gasteiger partial charge in [-0.2, -0.15) is 0 Å². The first-order valence-corrected chi connectivity index (χ1v) is 12.1. The highest BCUT2D eigenvalue weighted by atomic mass is 127. The molecule has 0 fully saturated rings. The number of quaternary nitrogens is 1. The third-order valence-corrected chi connectivity index (χ3v) is 6.05. The van der Waals surface area contributed by atoms with Gasteiger partial charge < -0.3 is 28.7 Å². The number of nitrogens with zero attached hydrogens (tertiary/aromatic N) is 1. The number of ether oxygens (including phenoxy) is 1. The van der Waals surface area contributed by atoms with Gasteiger partial charge in [0.15, 0.2) is 0 Å². The first-order chi connectivity index (χ1) is 13.1. The van der Waals surface area contributed by atoms with Crippen molar-refractivity contribution < 1.29 is 38.0 Å². The number of unbranched alkanes of at least 4 members (excludes halogenated alkanes) is 14. The Kier molecular flexibility index (Phi) is 23.7. The van der Waals surface area contributed by atoms with E-state index in [0.717, 1.165) is 24.0 Å². The summed E-state index contributed by atoms with van der Waals surface area (Å²) in [5.41, 5.74) is 0. The summed E-state index contributed by atoms with van der Waals surface area (Å²) in [6.07, 6.45) is 20.9. The van der Waals surface area contributed by atoms with Gasteiger partial charge in [0.25, 0.3) is 0 Å². The predicted octanol–water partition coefficient (Wildman–Crippen LogP) is 4.24. The maximum atomic E-state index is 11.8. The molecule has 0 N–H and O–H groups in total. The van der Waals surface area contributed by atoms with Crippen LogP contribution in [0.25, 0.3) is 0 Å². The van der Waals surface area contributed by atoms with E-state index in [1.165, 1.54) is 89.9 Å². The maximum absolute atomic E-state index is 11.8. The van der Waals surface area contributed by atoms with Crippen molar-refractivity contribution in [2.24, 2.45) is 0 Å². The molecule has 0 unspecified atom stereocenters. The average Bonchev–Trinajstić information content (AvgIpc) is 2.69. The molecule has 0 rings (SSSR count). The molecule has 170 valence electrons. The fourth-order valence-corrected chi connectivity index (χ4v) is 3.35. The largest absolute Gasteiger partial charge is 1.00 e. The van der Waals surface area contributed by atoms with E-state index in [9.17, 15) is 4.79 Å². The average molecular weight is 512 g/mol. The smallest absolute Gasteiger partial charge is 0.310 e. The standard InChI is InChI=1S/C24H50NO2.HI/c1-5-8-9-10-11-12-13-14-15-16-17-18-19-20-21-22-24(26)27-23-25(4,6-2)7-3;/h5-23H2,1-4H3;1H/q+1;/p-1. The summed E-state index contributed by atoms with van der Waals surface area (Å²) >= 11 is 0. The van der Waals surface area contributed by atoms with Crippen molar-refractivity contribution in [1.29, 1.82) is 0 Å². The molecule has 0 saturated carbocycles. The van der Waals surface area contributed by atoms with Crippen LogP contribution in [-0.4, -0.2) is 37.3 Å². The van der Waals surface area contributed by atoms with E-state index in [2.05, 4.69) is 27.8 Å². The number of carbonyl (C=O) groups is 1. The highest BCUT2D eigenvalue weighted by Crippen LogP contribution is 2.14. The van der Waals surface area contributed by atoms with Crippen LogP contribution in [0.1, 0.15) is 124 Å². The summed E-state index contributed by atoms with van der Waals surface area (Å²) < 4.78 is 6.25. The van der Waals surface area contributed by atoms with E-state index in [1.54, 1.807) is 0 Å². The second-order valence-electron chi connectivity index (χ2n) is 8.60. The molecule has 0 aromatic heterocycles. The summed E-state index contributed by atoms with van der Waals surface area (Å²) in [6.45, 7) is 9.09. The number of esters is 1. The number of rotatable bonds is 20. The van der Waals surface area contributed by atoms with Crippen molar-refractivity contribution in [3.05, 3.63) is 0 Å². The number of carbonyl (C=O) groups excluding carboxylic acids is 1. The van der Waals surface area contributed by atoms with Gasteiger partial charge in [-0.15, -0.1) is 0 Å². The zero-order valence-electron chi connectivity index (χ0n) is 19.6. The van der Waals surface area contributed by atoms with Gasteiger partial charge in [0, 0.05) is 6.42 Å². The van der Waals surface area contributed by atoms with Gasteiger partial charge in [-0.1, -0.05) is 96.8 Å². The lowest BCUT2D eigenvalue weighted by molar-refractivity contribution is -0.922. The molecule has 28 heavy (non-hydrogen) atoms. The molecule has 0 radical (unpaired) electrons. The fourth-order valence-electron chi connectivity index (χ4n) is 3.35. The lowest BCUT2D eigenvalue weighted by atomic mass is 10.0. The molecule has 0 aliphatic heterocycles. The monoisotopic (exact) mass is 511 g/mol. The second kappa shape index (κ2) is 21.9. The Balaban J connectivity index is 0. The summed E-state index contributed by atoms with van der Waals surface area (Å²) in [4.78, 5) is 11.8. The Morgan fingerprint density at radius 2 is 1.00 bits per heavy atom. The molecule has 0 aromatic rings. The van der Waals surface area contributed by atoms with E-state index < -0.39 is 0 Å². The third kappa shape index (κ3) is 19.5.